The van der Waals surface area contributed by atoms with E-state index >= 15 is 0 Å². The Bertz CT molecular complexity index is 954. The van der Waals surface area contributed by atoms with Crippen molar-refractivity contribution in [3.05, 3.63) is 59.7 Å². The van der Waals surface area contributed by atoms with Gasteiger partial charge in [0.25, 0.3) is 15.9 Å². The van der Waals surface area contributed by atoms with Crippen LogP contribution in [0.3, 0.4) is 0 Å². The number of nitrogens with zero attached hydrogens (tertiary/aromatic N) is 2. The van der Waals surface area contributed by atoms with Gasteiger partial charge < -0.3 is 10.2 Å². The lowest BCUT2D eigenvalue weighted by atomic mass is 10.2. The standard InChI is InChI=1S/C21H27N3O4S/c1-5-22-20(25)15-24(6-2)21(26)17-9-11-18(12-10-17)23(4)29(27,28)19-13-7-16(3)8-14-19/h7-14H,5-6,15H2,1-4H3,(H,22,25). The third-order valence-electron chi connectivity index (χ3n) is 4.53. The van der Waals surface area contributed by atoms with Gasteiger partial charge in [0, 0.05) is 25.7 Å². The number of benzene rings is 2. The van der Waals surface area contributed by atoms with Crippen LogP contribution in [-0.4, -0.2) is 51.8 Å². The molecule has 8 heteroatoms. The van der Waals surface area contributed by atoms with Crippen LogP contribution in [0.5, 0.6) is 0 Å². The number of anilines is 1. The van der Waals surface area contributed by atoms with Crippen LogP contribution in [0.15, 0.2) is 53.4 Å². The van der Waals surface area contributed by atoms with Gasteiger partial charge in [-0.2, -0.15) is 0 Å². The summed E-state index contributed by atoms with van der Waals surface area (Å²) in [7, 11) is -2.23. The van der Waals surface area contributed by atoms with Crippen molar-refractivity contribution in [3.8, 4) is 0 Å². The summed E-state index contributed by atoms with van der Waals surface area (Å²) in [6.07, 6.45) is 0. The summed E-state index contributed by atoms with van der Waals surface area (Å²) in [5.74, 6) is -0.502. The summed E-state index contributed by atoms with van der Waals surface area (Å²) >= 11 is 0. The molecule has 2 rings (SSSR count). The molecule has 0 saturated heterocycles. The molecular formula is C21H27N3O4S. The largest absolute Gasteiger partial charge is 0.355 e. The second-order valence-corrected chi connectivity index (χ2v) is 8.57. The summed E-state index contributed by atoms with van der Waals surface area (Å²) < 4.78 is 26.8. The zero-order chi connectivity index (χ0) is 21.6. The molecule has 0 spiro atoms. The van der Waals surface area contributed by atoms with Gasteiger partial charge in [-0.15, -0.1) is 0 Å². The summed E-state index contributed by atoms with van der Waals surface area (Å²) in [4.78, 5) is 26.1. The van der Waals surface area contributed by atoms with E-state index in [1.54, 1.807) is 55.5 Å². The van der Waals surface area contributed by atoms with Crippen LogP contribution < -0.4 is 9.62 Å². The predicted octanol–water partition coefficient (Wildman–Crippen LogP) is 2.42. The van der Waals surface area contributed by atoms with Crippen LogP contribution in [0.2, 0.25) is 0 Å². The van der Waals surface area contributed by atoms with Crippen molar-refractivity contribution in [2.24, 2.45) is 0 Å². The molecule has 7 nitrogen and oxygen atoms in total. The molecule has 0 aliphatic carbocycles. The number of carbonyl (C=O) groups is 2. The molecule has 0 aliphatic rings. The Labute approximate surface area is 172 Å². The van der Waals surface area contributed by atoms with Gasteiger partial charge in [0.1, 0.15) is 0 Å². The minimum absolute atomic E-state index is 0.0212. The number of rotatable bonds is 8. The number of hydrogen-bond acceptors (Lipinski definition) is 4. The zero-order valence-corrected chi connectivity index (χ0v) is 18.0. The second kappa shape index (κ2) is 9.56. The molecule has 0 bridgehead atoms. The molecule has 1 N–H and O–H groups in total. The number of likely N-dealkylation sites (N-methyl/N-ethyl adjacent to an activating group) is 2. The maximum Gasteiger partial charge on any atom is 0.264 e. The highest BCUT2D eigenvalue weighted by molar-refractivity contribution is 7.92. The Morgan fingerprint density at radius 1 is 0.966 bits per heavy atom. The zero-order valence-electron chi connectivity index (χ0n) is 17.2. The molecule has 0 radical (unpaired) electrons. The van der Waals surface area contributed by atoms with E-state index < -0.39 is 10.0 Å². The molecule has 0 atom stereocenters. The van der Waals surface area contributed by atoms with E-state index in [2.05, 4.69) is 5.32 Å². The lowest BCUT2D eigenvalue weighted by Crippen LogP contribution is -2.40. The van der Waals surface area contributed by atoms with E-state index in [9.17, 15) is 18.0 Å². The van der Waals surface area contributed by atoms with Gasteiger partial charge in [-0.05, 0) is 57.2 Å². The number of amides is 2. The smallest absolute Gasteiger partial charge is 0.264 e. The van der Waals surface area contributed by atoms with Gasteiger partial charge in [-0.25, -0.2) is 8.42 Å². The van der Waals surface area contributed by atoms with Gasteiger partial charge in [0.2, 0.25) is 5.91 Å². The maximum absolute atomic E-state index is 12.8. The first-order valence-corrected chi connectivity index (χ1v) is 10.9. The molecule has 29 heavy (non-hydrogen) atoms. The van der Waals surface area contributed by atoms with Crippen LogP contribution in [0.25, 0.3) is 0 Å². The lowest BCUT2D eigenvalue weighted by molar-refractivity contribution is -0.121. The van der Waals surface area contributed by atoms with Gasteiger partial charge in [-0.3, -0.25) is 13.9 Å². The number of carbonyl (C=O) groups excluding carboxylic acids is 2. The lowest BCUT2D eigenvalue weighted by Gasteiger charge is -2.22. The topological polar surface area (TPSA) is 86.8 Å². The molecule has 0 fully saturated rings. The third kappa shape index (κ3) is 5.35. The van der Waals surface area contributed by atoms with Crippen molar-refractivity contribution in [2.75, 3.05) is 31.0 Å². The molecule has 0 aliphatic heterocycles. The minimum Gasteiger partial charge on any atom is -0.355 e. The first kappa shape index (κ1) is 22.4. The Balaban J connectivity index is 2.19. The number of hydrogen-bond donors (Lipinski definition) is 1. The fraction of sp³-hybridized carbons (Fsp3) is 0.333. The normalized spacial score (nSPS) is 11.0. The van der Waals surface area contributed by atoms with Crippen molar-refractivity contribution in [1.82, 2.24) is 10.2 Å². The Morgan fingerprint density at radius 2 is 1.55 bits per heavy atom. The van der Waals surface area contributed by atoms with Crippen LogP contribution in [0.4, 0.5) is 5.69 Å². The Hall–Kier alpha value is -2.87. The number of sulfonamides is 1. The molecule has 0 aromatic heterocycles. The van der Waals surface area contributed by atoms with Gasteiger partial charge in [0.15, 0.2) is 0 Å². The van der Waals surface area contributed by atoms with Crippen molar-refractivity contribution < 1.29 is 18.0 Å². The quantitative estimate of drug-likeness (QED) is 0.715. The van der Waals surface area contributed by atoms with E-state index in [4.69, 9.17) is 0 Å². The third-order valence-corrected chi connectivity index (χ3v) is 6.33. The van der Waals surface area contributed by atoms with Gasteiger partial charge >= 0.3 is 0 Å². The highest BCUT2D eigenvalue weighted by Crippen LogP contribution is 2.23. The molecule has 0 heterocycles. The molecule has 156 valence electrons. The second-order valence-electron chi connectivity index (χ2n) is 6.61. The molecule has 2 aromatic rings. The first-order chi connectivity index (χ1) is 13.7. The number of aryl methyl sites for hydroxylation is 1. The maximum atomic E-state index is 12.8. The minimum atomic E-state index is -3.70. The van der Waals surface area contributed by atoms with Crippen molar-refractivity contribution in [3.63, 3.8) is 0 Å². The van der Waals surface area contributed by atoms with Gasteiger partial charge in [0.05, 0.1) is 17.1 Å². The van der Waals surface area contributed by atoms with Crippen molar-refractivity contribution in [1.29, 1.82) is 0 Å². The van der Waals surface area contributed by atoms with E-state index in [0.717, 1.165) is 5.56 Å². The van der Waals surface area contributed by atoms with E-state index in [0.29, 0.717) is 24.3 Å². The highest BCUT2D eigenvalue weighted by Gasteiger charge is 2.22. The Kier molecular flexibility index (Phi) is 7.39. The molecule has 0 saturated carbocycles. The predicted molar refractivity (Wildman–Crippen MR) is 113 cm³/mol. The Morgan fingerprint density at radius 3 is 2.07 bits per heavy atom. The fourth-order valence-electron chi connectivity index (χ4n) is 2.76. The van der Waals surface area contributed by atoms with Crippen LogP contribution in [0.1, 0.15) is 29.8 Å². The molecular weight excluding hydrogens is 390 g/mol. The van der Waals surface area contributed by atoms with Crippen LogP contribution in [0, 0.1) is 6.92 Å². The average Bonchev–Trinajstić information content (AvgIpc) is 2.71. The monoisotopic (exact) mass is 417 g/mol. The summed E-state index contributed by atoms with van der Waals surface area (Å²) in [6, 6.07) is 12.9. The van der Waals surface area contributed by atoms with Crippen molar-refractivity contribution in [2.45, 2.75) is 25.7 Å². The first-order valence-electron chi connectivity index (χ1n) is 9.42. The summed E-state index contributed by atoms with van der Waals surface area (Å²) in [6.45, 7) is 6.37. The highest BCUT2D eigenvalue weighted by atomic mass is 32.2. The molecule has 2 aromatic carbocycles. The van der Waals surface area contributed by atoms with Crippen LogP contribution >= 0.6 is 0 Å². The van der Waals surface area contributed by atoms with E-state index in [1.807, 2.05) is 13.8 Å². The van der Waals surface area contributed by atoms with E-state index in [1.165, 1.54) is 16.3 Å². The average molecular weight is 418 g/mol. The fourth-order valence-corrected chi connectivity index (χ4v) is 3.95. The van der Waals surface area contributed by atoms with Crippen LogP contribution in [-0.2, 0) is 14.8 Å². The van der Waals surface area contributed by atoms with E-state index in [-0.39, 0.29) is 23.3 Å². The molecule has 0 unspecified atom stereocenters. The number of nitrogens with one attached hydrogen (secondary N) is 1. The molecule has 2 amide bonds. The van der Waals surface area contributed by atoms with Crippen molar-refractivity contribution >= 4 is 27.5 Å². The SMILES string of the molecule is CCNC(=O)CN(CC)C(=O)c1ccc(N(C)S(=O)(=O)c2ccc(C)cc2)cc1. The summed E-state index contributed by atoms with van der Waals surface area (Å²) in [5, 5.41) is 2.67. The van der Waals surface area contributed by atoms with Gasteiger partial charge in [-0.1, -0.05) is 17.7 Å². The summed E-state index contributed by atoms with van der Waals surface area (Å²) in [5.41, 5.74) is 1.80.